The molecule has 2 aromatic carbocycles. The highest BCUT2D eigenvalue weighted by Crippen LogP contribution is 2.31. The van der Waals surface area contributed by atoms with Gasteiger partial charge in [0.15, 0.2) is 5.84 Å². The molecule has 0 saturated carbocycles. The number of carbonyl (C=O) groups excluding carboxylic acids is 1. The van der Waals surface area contributed by atoms with Crippen molar-refractivity contribution in [2.75, 3.05) is 13.1 Å². The van der Waals surface area contributed by atoms with Crippen molar-refractivity contribution >= 4 is 21.8 Å². The van der Waals surface area contributed by atoms with E-state index in [0.29, 0.717) is 43.8 Å². The van der Waals surface area contributed by atoms with Gasteiger partial charge in [0.25, 0.3) is 10.0 Å². The van der Waals surface area contributed by atoms with Crippen molar-refractivity contribution in [3.05, 3.63) is 65.5 Å². The van der Waals surface area contributed by atoms with Crippen molar-refractivity contribution < 1.29 is 22.3 Å². The summed E-state index contributed by atoms with van der Waals surface area (Å²) in [5, 5.41) is 0. The van der Waals surface area contributed by atoms with E-state index in [4.69, 9.17) is 4.74 Å². The number of sulfonamides is 1. The minimum Gasteiger partial charge on any atom is -0.457 e. The molecule has 0 bridgehead atoms. The summed E-state index contributed by atoms with van der Waals surface area (Å²) in [6.45, 7) is 2.96. The highest BCUT2D eigenvalue weighted by molar-refractivity contribution is 7.90. The Kier molecular flexibility index (Phi) is 5.60. The largest absolute Gasteiger partial charge is 0.457 e. The van der Waals surface area contributed by atoms with Crippen LogP contribution in [0.15, 0.2) is 57.8 Å². The fourth-order valence-corrected chi connectivity index (χ4v) is 5.17. The average Bonchev–Trinajstić information content (AvgIpc) is 3.04. The molecule has 4 rings (SSSR count). The number of hydrogen-bond acceptors (Lipinski definition) is 5. The maximum atomic E-state index is 13.2. The molecule has 158 valence electrons. The summed E-state index contributed by atoms with van der Waals surface area (Å²) in [5.74, 6) is -0.405. The lowest BCUT2D eigenvalue weighted by Gasteiger charge is -2.33. The third-order valence-electron chi connectivity index (χ3n) is 5.61. The number of carbonyl (C=O) groups is 1. The molecular weight excluding hydrogens is 407 g/mol. The lowest BCUT2D eigenvalue weighted by Crippen LogP contribution is -2.40. The van der Waals surface area contributed by atoms with Crippen LogP contribution in [0.25, 0.3) is 0 Å². The van der Waals surface area contributed by atoms with Gasteiger partial charge in [-0.25, -0.2) is 4.39 Å². The molecule has 0 aromatic heterocycles. The Morgan fingerprint density at radius 3 is 2.50 bits per heavy atom. The normalized spacial score (nSPS) is 19.1. The molecule has 0 radical (unpaired) electrons. The van der Waals surface area contributed by atoms with E-state index >= 15 is 0 Å². The first-order valence-corrected chi connectivity index (χ1v) is 11.5. The van der Waals surface area contributed by atoms with Crippen molar-refractivity contribution in [1.82, 2.24) is 4.90 Å². The molecule has 1 atom stereocenters. The van der Waals surface area contributed by atoms with Crippen molar-refractivity contribution in [2.45, 2.75) is 37.2 Å². The molecular formula is C22H23FN2O4S. The third kappa shape index (κ3) is 3.96. The van der Waals surface area contributed by atoms with E-state index in [-0.39, 0.29) is 22.6 Å². The number of ether oxygens (including phenoxy) is 1. The van der Waals surface area contributed by atoms with Crippen LogP contribution in [0.5, 0.6) is 0 Å². The number of piperidine rings is 1. The Balaban J connectivity index is 1.40. The molecule has 0 N–H and O–H groups in total. The van der Waals surface area contributed by atoms with Gasteiger partial charge in [0.1, 0.15) is 16.8 Å². The van der Waals surface area contributed by atoms with Gasteiger partial charge < -0.3 is 9.64 Å². The van der Waals surface area contributed by atoms with E-state index < -0.39 is 16.1 Å². The maximum Gasteiger partial charge on any atom is 0.309 e. The Hall–Kier alpha value is -2.74. The predicted octanol–water partition coefficient (Wildman–Crippen LogP) is 3.68. The molecule has 8 heteroatoms. The molecule has 30 heavy (non-hydrogen) atoms. The van der Waals surface area contributed by atoms with E-state index in [0.717, 1.165) is 5.56 Å². The summed E-state index contributed by atoms with van der Waals surface area (Å²) >= 11 is 0. The van der Waals surface area contributed by atoms with Crippen LogP contribution in [0.4, 0.5) is 4.39 Å². The van der Waals surface area contributed by atoms with Gasteiger partial charge in [-0.3, -0.25) is 4.79 Å². The first-order chi connectivity index (χ1) is 14.4. The number of amidine groups is 1. The van der Waals surface area contributed by atoms with Gasteiger partial charge in [-0.05, 0) is 49.1 Å². The fourth-order valence-electron chi connectivity index (χ4n) is 3.94. The number of halogens is 1. The predicted molar refractivity (Wildman–Crippen MR) is 110 cm³/mol. The average molecular weight is 431 g/mol. The summed E-state index contributed by atoms with van der Waals surface area (Å²) in [6.07, 6.45) is 1.30. The third-order valence-corrected chi connectivity index (χ3v) is 6.94. The van der Waals surface area contributed by atoms with Crippen molar-refractivity contribution in [3.63, 3.8) is 0 Å². The zero-order valence-corrected chi connectivity index (χ0v) is 17.4. The Bertz CT molecular complexity index is 1070. The SMILES string of the molecule is CCC(OC(=O)C1CCN(C2=NS(=O)(=O)c3ccccc32)CC1)c1ccc(F)cc1. The highest BCUT2D eigenvalue weighted by Gasteiger charge is 2.35. The monoisotopic (exact) mass is 430 g/mol. The standard InChI is InChI=1S/C22H23FN2O4S/c1-2-19(15-7-9-17(23)10-8-15)29-22(26)16-11-13-25(14-12-16)21-18-5-3-4-6-20(18)30(27,28)24-21/h3-10,16,19H,2,11-14H2,1H3. The fraction of sp³-hybridized carbons (Fsp3) is 0.364. The molecule has 0 amide bonds. The van der Waals surface area contributed by atoms with Gasteiger partial charge in [0.05, 0.1) is 5.92 Å². The lowest BCUT2D eigenvalue weighted by atomic mass is 9.96. The van der Waals surface area contributed by atoms with Gasteiger partial charge in [-0.15, -0.1) is 4.40 Å². The lowest BCUT2D eigenvalue weighted by molar-refractivity contribution is -0.156. The quantitative estimate of drug-likeness (QED) is 0.692. The number of likely N-dealkylation sites (tertiary alicyclic amines) is 1. The molecule has 2 aliphatic rings. The van der Waals surface area contributed by atoms with E-state index in [9.17, 15) is 17.6 Å². The van der Waals surface area contributed by atoms with Gasteiger partial charge in [0.2, 0.25) is 0 Å². The van der Waals surface area contributed by atoms with E-state index in [1.165, 1.54) is 12.1 Å². The second kappa shape index (κ2) is 8.18. The number of rotatable bonds is 4. The molecule has 0 spiro atoms. The maximum absolute atomic E-state index is 13.2. The first-order valence-electron chi connectivity index (χ1n) is 10.0. The molecule has 1 fully saturated rings. The topological polar surface area (TPSA) is 76.0 Å². The molecule has 1 unspecified atom stereocenters. The van der Waals surface area contributed by atoms with Gasteiger partial charge in [-0.2, -0.15) is 8.42 Å². The van der Waals surface area contributed by atoms with E-state index in [1.807, 2.05) is 11.8 Å². The minimum atomic E-state index is -3.66. The second-order valence-electron chi connectivity index (χ2n) is 7.53. The van der Waals surface area contributed by atoms with Crippen LogP contribution in [0.2, 0.25) is 0 Å². The summed E-state index contributed by atoms with van der Waals surface area (Å²) in [6, 6.07) is 12.8. The van der Waals surface area contributed by atoms with E-state index in [1.54, 1.807) is 36.4 Å². The zero-order valence-electron chi connectivity index (χ0n) is 16.6. The minimum absolute atomic E-state index is 0.228. The van der Waals surface area contributed by atoms with Crippen LogP contribution < -0.4 is 0 Å². The Morgan fingerprint density at radius 2 is 1.83 bits per heavy atom. The summed E-state index contributed by atoms with van der Waals surface area (Å²) in [5.41, 5.74) is 1.38. The smallest absolute Gasteiger partial charge is 0.309 e. The van der Waals surface area contributed by atoms with Gasteiger partial charge >= 0.3 is 5.97 Å². The highest BCUT2D eigenvalue weighted by atomic mass is 32.2. The summed E-state index contributed by atoms with van der Waals surface area (Å²) in [7, 11) is -3.66. The van der Waals surface area contributed by atoms with Crippen LogP contribution in [0.1, 0.15) is 43.4 Å². The molecule has 6 nitrogen and oxygen atoms in total. The Labute approximate surface area is 175 Å². The molecule has 2 aromatic rings. The molecule has 0 aliphatic carbocycles. The van der Waals surface area contributed by atoms with Crippen LogP contribution in [-0.2, 0) is 19.6 Å². The summed E-state index contributed by atoms with van der Waals surface area (Å²) in [4.78, 5) is 14.8. The number of hydrogen-bond donors (Lipinski definition) is 0. The van der Waals surface area contributed by atoms with Crippen LogP contribution in [-0.4, -0.2) is 38.2 Å². The van der Waals surface area contributed by atoms with Crippen LogP contribution >= 0.6 is 0 Å². The van der Waals surface area contributed by atoms with Crippen molar-refractivity contribution in [1.29, 1.82) is 0 Å². The first kappa shape index (κ1) is 20.5. The van der Waals surface area contributed by atoms with Gasteiger partial charge in [-0.1, -0.05) is 31.2 Å². The number of fused-ring (bicyclic) bond motifs is 1. The molecule has 2 heterocycles. The summed E-state index contributed by atoms with van der Waals surface area (Å²) < 4.78 is 47.4. The number of benzene rings is 2. The Morgan fingerprint density at radius 1 is 1.17 bits per heavy atom. The van der Waals surface area contributed by atoms with E-state index in [2.05, 4.69) is 4.40 Å². The number of esters is 1. The van der Waals surface area contributed by atoms with Crippen molar-refractivity contribution in [2.24, 2.45) is 10.3 Å². The van der Waals surface area contributed by atoms with Gasteiger partial charge in [0, 0.05) is 18.7 Å². The second-order valence-corrected chi connectivity index (χ2v) is 9.11. The van der Waals surface area contributed by atoms with Crippen LogP contribution in [0, 0.1) is 11.7 Å². The molecule has 2 aliphatic heterocycles. The van der Waals surface area contributed by atoms with Crippen molar-refractivity contribution in [3.8, 4) is 0 Å². The zero-order chi connectivity index (χ0) is 21.3. The van der Waals surface area contributed by atoms with Crippen LogP contribution in [0.3, 0.4) is 0 Å². The number of nitrogens with zero attached hydrogens (tertiary/aromatic N) is 2. The molecule has 1 saturated heterocycles.